The average Bonchev–Trinajstić information content (AvgIpc) is 2.75. The van der Waals surface area contributed by atoms with E-state index in [0.29, 0.717) is 5.75 Å². The fraction of sp³-hybridized carbons (Fsp3) is 0.136. The lowest BCUT2D eigenvalue weighted by Gasteiger charge is -2.20. The Morgan fingerprint density at radius 1 is 1.00 bits per heavy atom. The Morgan fingerprint density at radius 2 is 1.59 bits per heavy atom. The van der Waals surface area contributed by atoms with Crippen molar-refractivity contribution in [2.24, 2.45) is 0 Å². The van der Waals surface area contributed by atoms with Gasteiger partial charge in [0.25, 0.3) is 5.69 Å². The molecule has 29 heavy (non-hydrogen) atoms. The van der Waals surface area contributed by atoms with E-state index >= 15 is 0 Å². The summed E-state index contributed by atoms with van der Waals surface area (Å²) >= 11 is 0. The SMILES string of the molecule is COc1ccc([N+](=O)[O-])cc1NC(=O)CNC(c1ccccc1)c1ccccc1. The smallest absolute Gasteiger partial charge is 0.271 e. The molecule has 0 aliphatic rings. The molecule has 1 amide bonds. The zero-order valence-electron chi connectivity index (χ0n) is 15.9. The number of hydrogen-bond acceptors (Lipinski definition) is 5. The summed E-state index contributed by atoms with van der Waals surface area (Å²) in [6, 6.07) is 23.5. The predicted molar refractivity (Wildman–Crippen MR) is 111 cm³/mol. The number of carbonyl (C=O) groups excluding carboxylic acids is 1. The van der Waals surface area contributed by atoms with Crippen LogP contribution in [0.15, 0.2) is 78.9 Å². The first-order chi connectivity index (χ1) is 14.1. The fourth-order valence-corrected chi connectivity index (χ4v) is 3.02. The van der Waals surface area contributed by atoms with Crippen molar-refractivity contribution in [2.75, 3.05) is 19.0 Å². The molecular formula is C22H21N3O4. The van der Waals surface area contributed by atoms with E-state index < -0.39 is 4.92 Å². The van der Waals surface area contributed by atoms with Crippen molar-refractivity contribution in [2.45, 2.75) is 6.04 Å². The van der Waals surface area contributed by atoms with Crippen LogP contribution in [0, 0.1) is 10.1 Å². The molecule has 7 nitrogen and oxygen atoms in total. The molecule has 3 rings (SSSR count). The lowest BCUT2D eigenvalue weighted by atomic mass is 9.99. The van der Waals surface area contributed by atoms with E-state index in [2.05, 4.69) is 10.6 Å². The molecule has 0 atom stereocenters. The molecule has 3 aromatic carbocycles. The van der Waals surface area contributed by atoms with Gasteiger partial charge in [0, 0.05) is 12.1 Å². The van der Waals surface area contributed by atoms with Gasteiger partial charge in [0.2, 0.25) is 5.91 Å². The number of anilines is 1. The van der Waals surface area contributed by atoms with Crippen LogP contribution in [-0.2, 0) is 4.79 Å². The summed E-state index contributed by atoms with van der Waals surface area (Å²) in [6.07, 6.45) is 0. The monoisotopic (exact) mass is 391 g/mol. The van der Waals surface area contributed by atoms with Gasteiger partial charge in [-0.15, -0.1) is 0 Å². The van der Waals surface area contributed by atoms with Crippen molar-refractivity contribution in [3.8, 4) is 5.75 Å². The van der Waals surface area contributed by atoms with Crippen molar-refractivity contribution in [1.29, 1.82) is 0 Å². The molecule has 7 heteroatoms. The van der Waals surface area contributed by atoms with E-state index in [-0.39, 0.29) is 29.9 Å². The highest BCUT2D eigenvalue weighted by molar-refractivity contribution is 5.94. The lowest BCUT2D eigenvalue weighted by Crippen LogP contribution is -2.32. The number of nitro groups is 1. The first-order valence-electron chi connectivity index (χ1n) is 9.04. The van der Waals surface area contributed by atoms with E-state index in [1.807, 2.05) is 60.7 Å². The van der Waals surface area contributed by atoms with Crippen molar-refractivity contribution >= 4 is 17.3 Å². The van der Waals surface area contributed by atoms with Gasteiger partial charge in [0.15, 0.2) is 0 Å². The third-order valence-corrected chi connectivity index (χ3v) is 4.40. The molecule has 0 unspecified atom stereocenters. The summed E-state index contributed by atoms with van der Waals surface area (Å²) in [5.41, 5.74) is 2.18. The van der Waals surface area contributed by atoms with Gasteiger partial charge in [-0.2, -0.15) is 0 Å². The first kappa shape index (κ1) is 20.0. The highest BCUT2D eigenvalue weighted by atomic mass is 16.6. The van der Waals surface area contributed by atoms with Gasteiger partial charge in [-0.25, -0.2) is 0 Å². The van der Waals surface area contributed by atoms with Gasteiger partial charge in [0.1, 0.15) is 5.75 Å². The maximum atomic E-state index is 12.5. The number of non-ortho nitro benzene ring substituents is 1. The van der Waals surface area contributed by atoms with E-state index in [1.54, 1.807) is 0 Å². The maximum Gasteiger partial charge on any atom is 0.271 e. The number of amides is 1. The van der Waals surface area contributed by atoms with Gasteiger partial charge < -0.3 is 10.1 Å². The van der Waals surface area contributed by atoms with Crippen LogP contribution in [0.4, 0.5) is 11.4 Å². The summed E-state index contributed by atoms with van der Waals surface area (Å²) in [5.74, 6) is 0.0206. The summed E-state index contributed by atoms with van der Waals surface area (Å²) in [5, 5.41) is 17.0. The van der Waals surface area contributed by atoms with Crippen molar-refractivity contribution in [3.05, 3.63) is 100 Å². The minimum absolute atomic E-state index is 0.0142. The van der Waals surface area contributed by atoms with E-state index in [4.69, 9.17) is 4.74 Å². The number of benzene rings is 3. The highest BCUT2D eigenvalue weighted by Gasteiger charge is 2.17. The van der Waals surface area contributed by atoms with E-state index in [0.717, 1.165) is 11.1 Å². The van der Waals surface area contributed by atoms with Gasteiger partial charge in [0.05, 0.1) is 30.3 Å². The largest absolute Gasteiger partial charge is 0.495 e. The third-order valence-electron chi connectivity index (χ3n) is 4.40. The second-order valence-electron chi connectivity index (χ2n) is 6.33. The summed E-state index contributed by atoms with van der Waals surface area (Å²) in [7, 11) is 1.44. The number of hydrogen-bond donors (Lipinski definition) is 2. The molecular weight excluding hydrogens is 370 g/mol. The number of rotatable bonds is 8. The second-order valence-corrected chi connectivity index (χ2v) is 6.33. The van der Waals surface area contributed by atoms with Crippen LogP contribution in [-0.4, -0.2) is 24.5 Å². The van der Waals surface area contributed by atoms with Crippen molar-refractivity contribution in [1.82, 2.24) is 5.32 Å². The summed E-state index contributed by atoms with van der Waals surface area (Å²) < 4.78 is 5.19. The van der Waals surface area contributed by atoms with E-state index in [1.165, 1.54) is 25.3 Å². The normalized spacial score (nSPS) is 10.6. The predicted octanol–water partition coefficient (Wildman–Crippen LogP) is 3.92. The van der Waals surface area contributed by atoms with Gasteiger partial charge >= 0.3 is 0 Å². The molecule has 0 aromatic heterocycles. The fourth-order valence-electron chi connectivity index (χ4n) is 3.02. The molecule has 0 saturated carbocycles. The van der Waals surface area contributed by atoms with Crippen LogP contribution in [0.5, 0.6) is 5.75 Å². The number of methoxy groups -OCH3 is 1. The molecule has 0 fully saturated rings. The number of nitro benzene ring substituents is 1. The topological polar surface area (TPSA) is 93.5 Å². The molecule has 3 aromatic rings. The third kappa shape index (κ3) is 5.18. The zero-order valence-corrected chi connectivity index (χ0v) is 15.9. The van der Waals surface area contributed by atoms with Crippen LogP contribution in [0.25, 0.3) is 0 Å². The Labute approximate surface area is 168 Å². The van der Waals surface area contributed by atoms with Crippen molar-refractivity contribution < 1.29 is 14.5 Å². The average molecular weight is 391 g/mol. The molecule has 0 spiro atoms. The Hall–Kier alpha value is -3.71. The van der Waals surface area contributed by atoms with Crippen LogP contribution in [0.1, 0.15) is 17.2 Å². The number of carbonyl (C=O) groups is 1. The quantitative estimate of drug-likeness (QED) is 0.448. The number of nitrogens with zero attached hydrogens (tertiary/aromatic N) is 1. The molecule has 0 aliphatic carbocycles. The summed E-state index contributed by atoms with van der Waals surface area (Å²) in [4.78, 5) is 23.0. The molecule has 0 saturated heterocycles. The molecule has 0 bridgehead atoms. The maximum absolute atomic E-state index is 12.5. The standard InChI is InChI=1S/C22H21N3O4/c1-29-20-13-12-18(25(27)28)14-19(20)24-21(26)15-23-22(16-8-4-2-5-9-16)17-10-6-3-7-11-17/h2-14,22-23H,15H2,1H3,(H,24,26). The minimum atomic E-state index is -0.520. The Morgan fingerprint density at radius 3 is 2.10 bits per heavy atom. The Balaban J connectivity index is 1.74. The zero-order chi connectivity index (χ0) is 20.6. The molecule has 0 aliphatic heterocycles. The van der Waals surface area contributed by atoms with Crippen LogP contribution in [0.2, 0.25) is 0 Å². The molecule has 0 radical (unpaired) electrons. The first-order valence-corrected chi connectivity index (χ1v) is 9.04. The highest BCUT2D eigenvalue weighted by Crippen LogP contribution is 2.29. The van der Waals surface area contributed by atoms with E-state index in [9.17, 15) is 14.9 Å². The molecule has 2 N–H and O–H groups in total. The summed E-state index contributed by atoms with van der Waals surface area (Å²) in [6.45, 7) is 0.0142. The van der Waals surface area contributed by atoms with Gasteiger partial charge in [-0.1, -0.05) is 60.7 Å². The van der Waals surface area contributed by atoms with Crippen molar-refractivity contribution in [3.63, 3.8) is 0 Å². The molecule has 0 heterocycles. The van der Waals surface area contributed by atoms with Crippen LogP contribution >= 0.6 is 0 Å². The van der Waals surface area contributed by atoms with Gasteiger partial charge in [-0.05, 0) is 17.2 Å². The van der Waals surface area contributed by atoms with Crippen LogP contribution < -0.4 is 15.4 Å². The number of ether oxygens (including phenoxy) is 1. The second kappa shape index (κ2) is 9.48. The van der Waals surface area contributed by atoms with Gasteiger partial charge in [-0.3, -0.25) is 20.2 Å². The minimum Gasteiger partial charge on any atom is -0.495 e. The Kier molecular flexibility index (Phi) is 6.55. The molecule has 148 valence electrons. The Bertz CT molecular complexity index is 938. The lowest BCUT2D eigenvalue weighted by molar-refractivity contribution is -0.384. The number of nitrogens with one attached hydrogen (secondary N) is 2. The van der Waals surface area contributed by atoms with Crippen LogP contribution in [0.3, 0.4) is 0 Å².